The van der Waals surface area contributed by atoms with E-state index in [9.17, 15) is 18.3 Å². The van der Waals surface area contributed by atoms with Gasteiger partial charge in [0.1, 0.15) is 5.76 Å². The lowest BCUT2D eigenvalue weighted by molar-refractivity contribution is 0.0697. The van der Waals surface area contributed by atoms with E-state index in [0.29, 0.717) is 18.0 Å². The monoisotopic (exact) mass is 386 g/mol. The molecule has 0 aliphatic carbocycles. The Morgan fingerprint density at radius 1 is 1.00 bits per heavy atom. The molecule has 3 N–H and O–H groups in total. The number of hydrogen-bond acceptors (Lipinski definition) is 5. The molecular formula is C19H18N2O5S. The largest absolute Gasteiger partial charge is 0.478 e. The van der Waals surface area contributed by atoms with Crippen molar-refractivity contribution in [2.75, 3.05) is 5.32 Å². The van der Waals surface area contributed by atoms with E-state index >= 15 is 0 Å². The molecule has 3 rings (SSSR count). The fourth-order valence-corrected chi connectivity index (χ4v) is 3.50. The van der Waals surface area contributed by atoms with Gasteiger partial charge in [0.15, 0.2) is 0 Å². The SMILES string of the molecule is O=C(O)c1cc(S(=O)(=O)NCc2ccco2)ccc1NCc1ccccc1. The number of carboxylic acid groups (broad SMARTS) is 1. The minimum Gasteiger partial charge on any atom is -0.478 e. The first-order chi connectivity index (χ1) is 13.0. The third kappa shape index (κ3) is 4.75. The standard InChI is InChI=1S/C19H18N2O5S/c22-19(23)17-11-16(27(24,25)21-13-15-7-4-10-26-15)8-9-18(17)20-12-14-5-2-1-3-6-14/h1-11,20-21H,12-13H2,(H,22,23). The fourth-order valence-electron chi connectivity index (χ4n) is 2.48. The molecule has 1 aromatic heterocycles. The van der Waals surface area contributed by atoms with Gasteiger partial charge in [0.2, 0.25) is 10.0 Å². The number of sulfonamides is 1. The summed E-state index contributed by atoms with van der Waals surface area (Å²) < 4.78 is 32.3. The van der Waals surface area contributed by atoms with Crippen molar-refractivity contribution in [3.63, 3.8) is 0 Å². The summed E-state index contributed by atoms with van der Waals surface area (Å²) in [5.41, 5.74) is 1.20. The van der Waals surface area contributed by atoms with Gasteiger partial charge in [-0.15, -0.1) is 0 Å². The third-order valence-electron chi connectivity index (χ3n) is 3.87. The molecule has 3 aromatic rings. The van der Waals surface area contributed by atoms with Gasteiger partial charge in [-0.1, -0.05) is 30.3 Å². The van der Waals surface area contributed by atoms with Crippen LogP contribution < -0.4 is 10.0 Å². The second-order valence-corrected chi connectivity index (χ2v) is 7.52. The van der Waals surface area contributed by atoms with Crippen molar-refractivity contribution in [1.82, 2.24) is 4.72 Å². The van der Waals surface area contributed by atoms with Crippen LogP contribution >= 0.6 is 0 Å². The van der Waals surface area contributed by atoms with Crippen LogP contribution in [0, 0.1) is 0 Å². The van der Waals surface area contributed by atoms with Gasteiger partial charge in [0, 0.05) is 12.2 Å². The van der Waals surface area contributed by atoms with E-state index < -0.39 is 16.0 Å². The van der Waals surface area contributed by atoms with Crippen molar-refractivity contribution in [2.45, 2.75) is 18.0 Å². The molecular weight excluding hydrogens is 368 g/mol. The second kappa shape index (κ2) is 8.07. The normalized spacial score (nSPS) is 11.3. The van der Waals surface area contributed by atoms with Gasteiger partial charge in [-0.05, 0) is 35.9 Å². The van der Waals surface area contributed by atoms with Gasteiger partial charge in [-0.25, -0.2) is 17.9 Å². The average Bonchev–Trinajstić information content (AvgIpc) is 3.19. The smallest absolute Gasteiger partial charge is 0.337 e. The summed E-state index contributed by atoms with van der Waals surface area (Å²) in [6.07, 6.45) is 1.44. The van der Waals surface area contributed by atoms with Crippen LogP contribution in [-0.2, 0) is 23.1 Å². The number of nitrogens with one attached hydrogen (secondary N) is 2. The van der Waals surface area contributed by atoms with Crippen molar-refractivity contribution in [2.24, 2.45) is 0 Å². The number of carboxylic acids is 1. The minimum absolute atomic E-state index is 0.0221. The quantitative estimate of drug-likeness (QED) is 0.549. The Morgan fingerprint density at radius 2 is 1.78 bits per heavy atom. The van der Waals surface area contributed by atoms with Crippen LogP contribution in [-0.4, -0.2) is 19.5 Å². The lowest BCUT2D eigenvalue weighted by Crippen LogP contribution is -2.23. The summed E-state index contributed by atoms with van der Waals surface area (Å²) in [5.74, 6) is -0.758. The lowest BCUT2D eigenvalue weighted by atomic mass is 10.1. The molecule has 0 aliphatic rings. The van der Waals surface area contributed by atoms with Gasteiger partial charge >= 0.3 is 5.97 Å². The van der Waals surface area contributed by atoms with Crippen molar-refractivity contribution in [3.8, 4) is 0 Å². The van der Waals surface area contributed by atoms with Crippen LogP contribution in [0.4, 0.5) is 5.69 Å². The number of hydrogen-bond donors (Lipinski definition) is 3. The van der Waals surface area contributed by atoms with Crippen LogP contribution in [0.2, 0.25) is 0 Å². The van der Waals surface area contributed by atoms with Crippen molar-refractivity contribution in [3.05, 3.63) is 83.8 Å². The zero-order chi connectivity index (χ0) is 19.3. The molecule has 8 heteroatoms. The second-order valence-electron chi connectivity index (χ2n) is 5.76. The summed E-state index contributed by atoms with van der Waals surface area (Å²) in [5, 5.41) is 12.5. The molecule has 0 fully saturated rings. The van der Waals surface area contributed by atoms with E-state index in [1.807, 2.05) is 30.3 Å². The van der Waals surface area contributed by atoms with Crippen molar-refractivity contribution >= 4 is 21.7 Å². The minimum atomic E-state index is -3.88. The molecule has 0 saturated carbocycles. The highest BCUT2D eigenvalue weighted by Gasteiger charge is 2.19. The number of carbonyl (C=O) groups is 1. The molecule has 0 unspecified atom stereocenters. The van der Waals surface area contributed by atoms with Crippen LogP contribution in [0.15, 0.2) is 76.2 Å². The summed E-state index contributed by atoms with van der Waals surface area (Å²) in [4.78, 5) is 11.5. The van der Waals surface area contributed by atoms with E-state index in [2.05, 4.69) is 10.0 Å². The first kappa shape index (κ1) is 18.7. The first-order valence-electron chi connectivity index (χ1n) is 8.13. The number of benzene rings is 2. The highest BCUT2D eigenvalue weighted by atomic mass is 32.2. The average molecular weight is 386 g/mol. The fraction of sp³-hybridized carbons (Fsp3) is 0.105. The molecule has 0 bridgehead atoms. The summed E-state index contributed by atoms with van der Waals surface area (Å²) in [6, 6.07) is 16.7. The molecule has 0 saturated heterocycles. The molecule has 2 aromatic carbocycles. The third-order valence-corrected chi connectivity index (χ3v) is 5.27. The van der Waals surface area contributed by atoms with Gasteiger partial charge in [0.25, 0.3) is 0 Å². The number of rotatable bonds is 8. The molecule has 27 heavy (non-hydrogen) atoms. The Balaban J connectivity index is 1.79. The van der Waals surface area contributed by atoms with Crippen LogP contribution in [0.1, 0.15) is 21.7 Å². The Morgan fingerprint density at radius 3 is 2.44 bits per heavy atom. The van der Waals surface area contributed by atoms with Crippen LogP contribution in [0.3, 0.4) is 0 Å². The van der Waals surface area contributed by atoms with Crippen molar-refractivity contribution < 1.29 is 22.7 Å². The Bertz CT molecular complexity index is 1020. The summed E-state index contributed by atoms with van der Waals surface area (Å²) >= 11 is 0. The van der Waals surface area contributed by atoms with Crippen LogP contribution in [0.25, 0.3) is 0 Å². The number of aromatic carboxylic acids is 1. The Labute approximate surface area is 156 Å². The summed E-state index contributed by atoms with van der Waals surface area (Å²) in [7, 11) is -3.88. The zero-order valence-electron chi connectivity index (χ0n) is 14.3. The van der Waals surface area contributed by atoms with Crippen LogP contribution in [0.5, 0.6) is 0 Å². The Kier molecular flexibility index (Phi) is 5.58. The number of anilines is 1. The van der Waals surface area contributed by atoms with E-state index in [1.54, 1.807) is 12.1 Å². The summed E-state index contributed by atoms with van der Waals surface area (Å²) in [6.45, 7) is 0.399. The molecule has 140 valence electrons. The first-order valence-corrected chi connectivity index (χ1v) is 9.61. The van der Waals surface area contributed by atoms with E-state index in [1.165, 1.54) is 18.4 Å². The lowest BCUT2D eigenvalue weighted by Gasteiger charge is -2.12. The van der Waals surface area contributed by atoms with Gasteiger partial charge in [0.05, 0.1) is 23.3 Å². The van der Waals surface area contributed by atoms with Gasteiger partial charge in [-0.3, -0.25) is 0 Å². The zero-order valence-corrected chi connectivity index (χ0v) is 15.1. The van der Waals surface area contributed by atoms with E-state index in [4.69, 9.17) is 4.42 Å². The highest BCUT2D eigenvalue weighted by molar-refractivity contribution is 7.89. The highest BCUT2D eigenvalue weighted by Crippen LogP contribution is 2.22. The predicted molar refractivity (Wildman–Crippen MR) is 99.9 cm³/mol. The molecule has 0 atom stereocenters. The maximum Gasteiger partial charge on any atom is 0.337 e. The molecule has 1 heterocycles. The predicted octanol–water partition coefficient (Wildman–Crippen LogP) is 3.07. The van der Waals surface area contributed by atoms with E-state index in [-0.39, 0.29) is 17.0 Å². The molecule has 0 aliphatic heterocycles. The molecule has 0 spiro atoms. The van der Waals surface area contributed by atoms with Gasteiger partial charge in [-0.2, -0.15) is 0 Å². The molecule has 0 amide bonds. The van der Waals surface area contributed by atoms with Crippen molar-refractivity contribution in [1.29, 1.82) is 0 Å². The maximum atomic E-state index is 12.4. The molecule has 7 nitrogen and oxygen atoms in total. The number of furan rings is 1. The van der Waals surface area contributed by atoms with Gasteiger partial charge < -0.3 is 14.8 Å². The topological polar surface area (TPSA) is 109 Å². The maximum absolute atomic E-state index is 12.4. The molecule has 0 radical (unpaired) electrons. The van der Waals surface area contributed by atoms with E-state index in [0.717, 1.165) is 11.6 Å². The Hall–Kier alpha value is -3.10.